The van der Waals surface area contributed by atoms with Gasteiger partial charge in [0, 0.05) is 23.2 Å². The van der Waals surface area contributed by atoms with Crippen LogP contribution in [0, 0.1) is 10.8 Å². The van der Waals surface area contributed by atoms with E-state index in [2.05, 4.69) is 10.2 Å². The summed E-state index contributed by atoms with van der Waals surface area (Å²) in [5.41, 5.74) is 2.32. The molecule has 0 saturated carbocycles. The lowest BCUT2D eigenvalue weighted by molar-refractivity contribution is -0.139. The molecule has 2 rings (SSSR count). The summed E-state index contributed by atoms with van der Waals surface area (Å²) in [5.74, 6) is -1.32. The van der Waals surface area contributed by atoms with Crippen LogP contribution in [0.2, 0.25) is 10.0 Å². The zero-order valence-electron chi connectivity index (χ0n) is 13.7. The molecular formula is C17H18Cl2N2O3. The topological polar surface area (TPSA) is 68.1 Å². The number of nitroso groups, excluding NO2 is 1. The standard InChI is InChI=1S/C17H18Cl2N2O3/c1-4-24-17(22)14-10(3)21-9(2)12(8-20-23)15(14)11-6-5-7-13(18)16(11)19/h5-7,12,15H,4,8H2,1-3H3. The monoisotopic (exact) mass is 368 g/mol. The van der Waals surface area contributed by atoms with Gasteiger partial charge in [-0.05, 0) is 32.4 Å². The fourth-order valence-electron chi connectivity index (χ4n) is 3.01. The molecule has 1 aliphatic heterocycles. The Morgan fingerprint density at radius 1 is 1.33 bits per heavy atom. The van der Waals surface area contributed by atoms with Gasteiger partial charge in [-0.15, -0.1) is 0 Å². The molecule has 7 heteroatoms. The van der Waals surface area contributed by atoms with E-state index in [9.17, 15) is 9.70 Å². The van der Waals surface area contributed by atoms with Gasteiger partial charge in [-0.3, -0.25) is 4.99 Å². The van der Waals surface area contributed by atoms with Crippen molar-refractivity contribution >= 4 is 34.9 Å². The maximum absolute atomic E-state index is 12.5. The van der Waals surface area contributed by atoms with Crippen molar-refractivity contribution in [3.05, 3.63) is 50.0 Å². The summed E-state index contributed by atoms with van der Waals surface area (Å²) in [6.07, 6.45) is 0. The third-order valence-electron chi connectivity index (χ3n) is 4.07. The van der Waals surface area contributed by atoms with E-state index in [1.807, 2.05) is 6.92 Å². The summed E-state index contributed by atoms with van der Waals surface area (Å²) >= 11 is 12.5. The number of carbonyl (C=O) groups is 1. The molecule has 0 aliphatic carbocycles. The highest BCUT2D eigenvalue weighted by atomic mass is 35.5. The molecule has 5 nitrogen and oxygen atoms in total. The maximum Gasteiger partial charge on any atom is 0.336 e. The first-order valence-electron chi connectivity index (χ1n) is 7.58. The Labute approximate surface area is 150 Å². The first-order chi connectivity index (χ1) is 11.4. The zero-order chi connectivity index (χ0) is 17.9. The maximum atomic E-state index is 12.5. The number of allylic oxidation sites excluding steroid dienone is 1. The molecule has 0 N–H and O–H groups in total. The van der Waals surface area contributed by atoms with Crippen LogP contribution in [0.4, 0.5) is 0 Å². The molecule has 2 atom stereocenters. The average molecular weight is 369 g/mol. The van der Waals surface area contributed by atoms with E-state index in [4.69, 9.17) is 27.9 Å². The van der Waals surface area contributed by atoms with Gasteiger partial charge in [0.1, 0.15) is 0 Å². The fraction of sp³-hybridized carbons (Fsp3) is 0.412. The van der Waals surface area contributed by atoms with E-state index in [0.717, 1.165) is 5.71 Å². The Hall–Kier alpha value is -1.72. The zero-order valence-corrected chi connectivity index (χ0v) is 15.2. The third-order valence-corrected chi connectivity index (χ3v) is 4.90. The number of aliphatic imine (C=N–C) groups is 1. The molecule has 0 bridgehead atoms. The van der Waals surface area contributed by atoms with E-state index < -0.39 is 11.9 Å². The van der Waals surface area contributed by atoms with Crippen molar-refractivity contribution in [3.63, 3.8) is 0 Å². The Kier molecular flexibility index (Phi) is 6.13. The van der Waals surface area contributed by atoms with Gasteiger partial charge >= 0.3 is 5.97 Å². The number of carbonyl (C=O) groups excluding carboxylic acids is 1. The number of hydrogen-bond acceptors (Lipinski definition) is 5. The normalized spacial score (nSPS) is 20.6. The minimum absolute atomic E-state index is 0.0149. The van der Waals surface area contributed by atoms with Gasteiger partial charge in [-0.25, -0.2) is 4.79 Å². The Morgan fingerprint density at radius 2 is 2.04 bits per heavy atom. The second-order valence-electron chi connectivity index (χ2n) is 5.51. The Bertz CT molecular complexity index is 729. The smallest absolute Gasteiger partial charge is 0.336 e. The number of esters is 1. The molecule has 1 aromatic rings. The van der Waals surface area contributed by atoms with Crippen LogP contribution in [0.25, 0.3) is 0 Å². The van der Waals surface area contributed by atoms with Gasteiger partial charge in [0.2, 0.25) is 0 Å². The van der Waals surface area contributed by atoms with Crippen LogP contribution in [0.5, 0.6) is 0 Å². The summed E-state index contributed by atoms with van der Waals surface area (Å²) in [4.78, 5) is 27.9. The minimum Gasteiger partial charge on any atom is -0.463 e. The van der Waals surface area contributed by atoms with Crippen LogP contribution in [0.15, 0.2) is 39.6 Å². The number of rotatable bonds is 5. The highest BCUT2D eigenvalue weighted by molar-refractivity contribution is 6.42. The molecule has 0 fully saturated rings. The molecule has 0 amide bonds. The van der Waals surface area contributed by atoms with Crippen molar-refractivity contribution in [2.45, 2.75) is 26.7 Å². The molecule has 1 heterocycles. The molecule has 2 unspecified atom stereocenters. The van der Waals surface area contributed by atoms with Crippen molar-refractivity contribution < 1.29 is 9.53 Å². The quantitative estimate of drug-likeness (QED) is 0.555. The summed E-state index contributed by atoms with van der Waals surface area (Å²) in [6.45, 7) is 5.51. The van der Waals surface area contributed by atoms with Crippen LogP contribution in [0.1, 0.15) is 32.3 Å². The SMILES string of the molecule is CCOC(=O)C1=C(C)N=C(C)C(CN=O)C1c1cccc(Cl)c1Cl. The number of ether oxygens (including phenoxy) is 1. The van der Waals surface area contributed by atoms with Gasteiger partial charge in [0.25, 0.3) is 0 Å². The largest absolute Gasteiger partial charge is 0.463 e. The number of benzene rings is 1. The molecule has 0 aromatic heterocycles. The Balaban J connectivity index is 2.67. The van der Waals surface area contributed by atoms with Crippen LogP contribution >= 0.6 is 23.2 Å². The molecule has 1 aliphatic rings. The van der Waals surface area contributed by atoms with Gasteiger partial charge in [-0.2, -0.15) is 4.91 Å². The summed E-state index contributed by atoms with van der Waals surface area (Å²) in [5, 5.41) is 3.75. The van der Waals surface area contributed by atoms with E-state index in [0.29, 0.717) is 26.9 Å². The van der Waals surface area contributed by atoms with Gasteiger partial charge in [0.15, 0.2) is 0 Å². The second kappa shape index (κ2) is 7.90. The van der Waals surface area contributed by atoms with E-state index in [-0.39, 0.29) is 19.1 Å². The summed E-state index contributed by atoms with van der Waals surface area (Å²) in [7, 11) is 0. The molecular weight excluding hydrogens is 351 g/mol. The minimum atomic E-state index is -0.481. The predicted molar refractivity (Wildman–Crippen MR) is 95.8 cm³/mol. The highest BCUT2D eigenvalue weighted by Gasteiger charge is 2.39. The van der Waals surface area contributed by atoms with Crippen molar-refractivity contribution in [1.82, 2.24) is 0 Å². The molecule has 128 valence electrons. The molecule has 0 spiro atoms. The first-order valence-corrected chi connectivity index (χ1v) is 8.34. The number of hydrogen-bond donors (Lipinski definition) is 0. The Morgan fingerprint density at radius 3 is 2.67 bits per heavy atom. The molecule has 0 saturated heterocycles. The van der Waals surface area contributed by atoms with Gasteiger partial charge in [0.05, 0.1) is 28.8 Å². The van der Waals surface area contributed by atoms with E-state index >= 15 is 0 Å². The van der Waals surface area contributed by atoms with Crippen molar-refractivity contribution in [1.29, 1.82) is 0 Å². The molecule has 1 aromatic carbocycles. The lowest BCUT2D eigenvalue weighted by atomic mass is 9.75. The number of halogens is 2. The first kappa shape index (κ1) is 18.6. The van der Waals surface area contributed by atoms with Crippen LogP contribution in [0.3, 0.4) is 0 Å². The van der Waals surface area contributed by atoms with Gasteiger partial charge in [-0.1, -0.05) is 40.5 Å². The predicted octanol–water partition coefficient (Wildman–Crippen LogP) is 4.77. The van der Waals surface area contributed by atoms with Crippen molar-refractivity contribution in [3.8, 4) is 0 Å². The lowest BCUT2D eigenvalue weighted by Gasteiger charge is -2.32. The average Bonchev–Trinajstić information content (AvgIpc) is 2.52. The lowest BCUT2D eigenvalue weighted by Crippen LogP contribution is -2.32. The van der Waals surface area contributed by atoms with Crippen LogP contribution in [-0.2, 0) is 9.53 Å². The molecule has 0 radical (unpaired) electrons. The second-order valence-corrected chi connectivity index (χ2v) is 6.30. The van der Waals surface area contributed by atoms with Crippen LogP contribution < -0.4 is 0 Å². The van der Waals surface area contributed by atoms with Crippen molar-refractivity contribution in [2.75, 3.05) is 13.2 Å². The van der Waals surface area contributed by atoms with Gasteiger partial charge < -0.3 is 4.74 Å². The van der Waals surface area contributed by atoms with E-state index in [1.165, 1.54) is 0 Å². The fourth-order valence-corrected chi connectivity index (χ4v) is 3.43. The number of nitrogens with zero attached hydrogens (tertiary/aromatic N) is 2. The van der Waals surface area contributed by atoms with Crippen molar-refractivity contribution in [2.24, 2.45) is 16.1 Å². The summed E-state index contributed by atoms with van der Waals surface area (Å²) < 4.78 is 5.18. The van der Waals surface area contributed by atoms with Crippen LogP contribution in [-0.4, -0.2) is 24.8 Å². The van der Waals surface area contributed by atoms with E-state index in [1.54, 1.807) is 32.0 Å². The third kappa shape index (κ3) is 3.52. The summed E-state index contributed by atoms with van der Waals surface area (Å²) in [6, 6.07) is 5.22. The molecule has 24 heavy (non-hydrogen) atoms. The highest BCUT2D eigenvalue weighted by Crippen LogP contribution is 2.43.